The number of nitrogens with zero attached hydrogens (tertiary/aromatic N) is 7. The topological polar surface area (TPSA) is 93.2 Å². The summed E-state index contributed by atoms with van der Waals surface area (Å²) in [6, 6.07) is 11.1. The number of rotatable bonds is 7. The van der Waals surface area contributed by atoms with Gasteiger partial charge in [0, 0.05) is 48.9 Å². The van der Waals surface area contributed by atoms with Crippen LogP contribution in [0, 0.1) is 16.0 Å². The van der Waals surface area contributed by atoms with Crippen molar-refractivity contribution < 1.29 is 4.92 Å². The van der Waals surface area contributed by atoms with Crippen LogP contribution < -0.4 is 4.90 Å². The zero-order valence-corrected chi connectivity index (χ0v) is 17.9. The highest BCUT2D eigenvalue weighted by atomic mass is 32.1. The Morgan fingerprint density at radius 1 is 1.13 bits per heavy atom. The van der Waals surface area contributed by atoms with E-state index in [9.17, 15) is 10.1 Å². The highest BCUT2D eigenvalue weighted by molar-refractivity contribution is 7.09. The number of benzene rings is 1. The van der Waals surface area contributed by atoms with E-state index in [1.54, 1.807) is 23.5 Å². The van der Waals surface area contributed by atoms with Crippen LogP contribution in [0.1, 0.15) is 30.6 Å². The molecule has 0 bridgehead atoms. The van der Waals surface area contributed by atoms with E-state index >= 15 is 0 Å². The van der Waals surface area contributed by atoms with E-state index in [2.05, 4.69) is 50.6 Å². The zero-order chi connectivity index (χ0) is 21.1. The zero-order valence-electron chi connectivity index (χ0n) is 17.1. The summed E-state index contributed by atoms with van der Waals surface area (Å²) in [5, 5.41) is 25.5. The molecule has 1 aromatic carbocycles. The Bertz CT molecular complexity index is 963. The smallest absolute Gasteiger partial charge is 0.269 e. The number of tetrazole rings is 1. The predicted octanol–water partition coefficient (Wildman–Crippen LogP) is 3.21. The van der Waals surface area contributed by atoms with Crippen LogP contribution in [-0.4, -0.2) is 56.2 Å². The number of hydrogen-bond acceptors (Lipinski definition) is 8. The molecule has 4 rings (SSSR count). The molecule has 1 aliphatic heterocycles. The minimum atomic E-state index is -0.366. The highest BCUT2D eigenvalue weighted by Crippen LogP contribution is 2.29. The monoisotopic (exact) mass is 427 g/mol. The molecule has 1 aliphatic rings. The van der Waals surface area contributed by atoms with Gasteiger partial charge in [0.15, 0.2) is 5.82 Å². The third-order valence-electron chi connectivity index (χ3n) is 5.47. The van der Waals surface area contributed by atoms with Crippen LogP contribution >= 0.6 is 11.3 Å². The maximum atomic E-state index is 10.9. The lowest BCUT2D eigenvalue weighted by Gasteiger charge is -2.41. The van der Waals surface area contributed by atoms with Crippen molar-refractivity contribution in [3.8, 4) is 0 Å². The summed E-state index contributed by atoms with van der Waals surface area (Å²) in [6.07, 6.45) is 0. The first kappa shape index (κ1) is 20.4. The maximum Gasteiger partial charge on any atom is 0.269 e. The van der Waals surface area contributed by atoms with Gasteiger partial charge in [0.2, 0.25) is 0 Å². The Balaban J connectivity index is 1.46. The largest absolute Gasteiger partial charge is 0.369 e. The minimum absolute atomic E-state index is 0.120. The number of aromatic nitrogens is 4. The van der Waals surface area contributed by atoms with Crippen LogP contribution in [0.5, 0.6) is 0 Å². The van der Waals surface area contributed by atoms with E-state index in [1.165, 1.54) is 4.88 Å². The summed E-state index contributed by atoms with van der Waals surface area (Å²) >= 11 is 1.71. The Morgan fingerprint density at radius 3 is 2.47 bits per heavy atom. The van der Waals surface area contributed by atoms with Gasteiger partial charge in [0.05, 0.1) is 17.5 Å². The van der Waals surface area contributed by atoms with E-state index in [0.29, 0.717) is 12.5 Å². The Kier molecular flexibility index (Phi) is 6.05. The third kappa shape index (κ3) is 4.34. The lowest BCUT2D eigenvalue weighted by Crippen LogP contribution is -2.49. The van der Waals surface area contributed by atoms with Crippen LogP contribution in [-0.2, 0) is 6.54 Å². The first-order valence-electron chi connectivity index (χ1n) is 10.0. The fourth-order valence-corrected chi connectivity index (χ4v) is 4.70. The number of nitro groups is 1. The number of hydrogen-bond donors (Lipinski definition) is 0. The predicted molar refractivity (Wildman–Crippen MR) is 116 cm³/mol. The second kappa shape index (κ2) is 8.88. The van der Waals surface area contributed by atoms with Gasteiger partial charge in [-0.25, -0.2) is 4.68 Å². The molecule has 0 saturated carbocycles. The first-order chi connectivity index (χ1) is 14.5. The van der Waals surface area contributed by atoms with Crippen molar-refractivity contribution in [3.63, 3.8) is 0 Å². The van der Waals surface area contributed by atoms with Crippen molar-refractivity contribution in [2.45, 2.75) is 26.4 Å². The molecule has 158 valence electrons. The number of thiophene rings is 1. The fraction of sp³-hybridized carbons (Fsp3) is 0.450. The van der Waals surface area contributed by atoms with Crippen molar-refractivity contribution in [1.29, 1.82) is 0 Å². The van der Waals surface area contributed by atoms with Gasteiger partial charge in [-0.05, 0) is 39.9 Å². The van der Waals surface area contributed by atoms with E-state index in [0.717, 1.165) is 37.7 Å². The van der Waals surface area contributed by atoms with Crippen LogP contribution in [0.4, 0.5) is 11.4 Å². The van der Waals surface area contributed by atoms with Crippen LogP contribution in [0.2, 0.25) is 0 Å². The summed E-state index contributed by atoms with van der Waals surface area (Å²) in [5.41, 5.74) is 1.14. The summed E-state index contributed by atoms with van der Waals surface area (Å²) in [7, 11) is 0. The molecule has 10 heteroatoms. The van der Waals surface area contributed by atoms with Crippen molar-refractivity contribution in [2.24, 2.45) is 5.92 Å². The quantitative estimate of drug-likeness (QED) is 0.422. The van der Waals surface area contributed by atoms with Crippen LogP contribution in [0.15, 0.2) is 41.8 Å². The molecule has 0 spiro atoms. The first-order valence-corrected chi connectivity index (χ1v) is 10.9. The fourth-order valence-electron chi connectivity index (χ4n) is 4.01. The Labute approximate surface area is 179 Å². The normalized spacial score (nSPS) is 16.2. The molecule has 3 heterocycles. The Hall–Kier alpha value is -2.85. The number of anilines is 1. The second-order valence-corrected chi connectivity index (χ2v) is 8.79. The minimum Gasteiger partial charge on any atom is -0.369 e. The van der Waals surface area contributed by atoms with Crippen LogP contribution in [0.3, 0.4) is 0 Å². The van der Waals surface area contributed by atoms with Gasteiger partial charge in [0.1, 0.15) is 0 Å². The molecule has 30 heavy (non-hydrogen) atoms. The third-order valence-corrected chi connectivity index (χ3v) is 6.34. The van der Waals surface area contributed by atoms with E-state index < -0.39 is 0 Å². The standard InChI is InChI=1S/C20H25N7O2S/c1-15(2)19(20-21-22-23-26(20)14-18-4-3-13-30-18)25-11-9-24(10-12-25)16-5-7-17(8-6-16)27(28)29/h3-8,13,15,19H,9-12,14H2,1-2H3. The molecule has 3 aromatic rings. The Morgan fingerprint density at radius 2 is 1.87 bits per heavy atom. The van der Waals surface area contributed by atoms with Gasteiger partial charge in [-0.3, -0.25) is 15.0 Å². The average Bonchev–Trinajstić information content (AvgIpc) is 3.42. The lowest BCUT2D eigenvalue weighted by atomic mass is 10.0. The number of nitro benzene ring substituents is 1. The van der Waals surface area contributed by atoms with Gasteiger partial charge < -0.3 is 4.90 Å². The van der Waals surface area contributed by atoms with Crippen LogP contribution in [0.25, 0.3) is 0 Å². The van der Waals surface area contributed by atoms with Crippen molar-refractivity contribution in [1.82, 2.24) is 25.1 Å². The van der Waals surface area contributed by atoms with Gasteiger partial charge in [0.25, 0.3) is 5.69 Å². The SMILES string of the molecule is CC(C)C(c1nnnn1Cc1cccs1)N1CCN(c2ccc([N+](=O)[O-])cc2)CC1. The van der Waals surface area contributed by atoms with Gasteiger partial charge >= 0.3 is 0 Å². The molecule has 0 radical (unpaired) electrons. The van der Waals surface area contributed by atoms with Gasteiger partial charge in [-0.1, -0.05) is 19.9 Å². The van der Waals surface area contributed by atoms with E-state index in [-0.39, 0.29) is 16.7 Å². The van der Waals surface area contributed by atoms with Crippen molar-refractivity contribution >= 4 is 22.7 Å². The lowest BCUT2D eigenvalue weighted by molar-refractivity contribution is -0.384. The molecule has 0 amide bonds. The van der Waals surface area contributed by atoms with E-state index in [1.807, 2.05) is 22.9 Å². The average molecular weight is 428 g/mol. The molecule has 1 atom stereocenters. The molecule has 9 nitrogen and oxygen atoms in total. The maximum absolute atomic E-state index is 10.9. The van der Waals surface area contributed by atoms with Crippen molar-refractivity contribution in [3.05, 3.63) is 62.6 Å². The number of piperazine rings is 1. The summed E-state index contributed by atoms with van der Waals surface area (Å²) in [4.78, 5) is 16.5. The molecule has 0 aliphatic carbocycles. The van der Waals surface area contributed by atoms with Gasteiger partial charge in [-0.2, -0.15) is 0 Å². The molecule has 1 saturated heterocycles. The molecule has 0 N–H and O–H groups in total. The van der Waals surface area contributed by atoms with Gasteiger partial charge in [-0.15, -0.1) is 16.4 Å². The van der Waals surface area contributed by atoms with E-state index in [4.69, 9.17) is 0 Å². The molecule has 1 fully saturated rings. The molecular weight excluding hydrogens is 402 g/mol. The second-order valence-electron chi connectivity index (χ2n) is 7.76. The number of non-ortho nitro benzene ring substituents is 1. The van der Waals surface area contributed by atoms with Crippen molar-refractivity contribution in [2.75, 3.05) is 31.1 Å². The molecular formula is C20H25N7O2S. The molecule has 2 aromatic heterocycles. The highest BCUT2D eigenvalue weighted by Gasteiger charge is 2.31. The summed E-state index contributed by atoms with van der Waals surface area (Å²) < 4.78 is 1.92. The summed E-state index contributed by atoms with van der Waals surface area (Å²) in [5.74, 6) is 1.27. The molecule has 1 unspecified atom stereocenters. The summed E-state index contributed by atoms with van der Waals surface area (Å²) in [6.45, 7) is 8.57.